The molecule has 0 aromatic heterocycles. The first-order valence-corrected chi connectivity index (χ1v) is 6.78. The van der Waals surface area contributed by atoms with Crippen LogP contribution in [0.3, 0.4) is 0 Å². The second-order valence-corrected chi connectivity index (χ2v) is 5.35. The summed E-state index contributed by atoms with van der Waals surface area (Å²) in [6, 6.07) is 0. The zero-order chi connectivity index (χ0) is 12.7. The van der Waals surface area contributed by atoms with E-state index in [0.717, 1.165) is 39.3 Å². The lowest BCUT2D eigenvalue weighted by molar-refractivity contribution is -0.0327. The molecule has 0 spiro atoms. The van der Waals surface area contributed by atoms with Crippen molar-refractivity contribution in [2.75, 3.05) is 58.6 Å². The standard InChI is InChI=1S/C10H20F3N3S/c1-15-5-7-16(8-6-15)4-2-14-3-9-17-10(11,12)13/h14H,2-9H2,1H3. The van der Waals surface area contributed by atoms with Crippen molar-refractivity contribution in [3.8, 4) is 0 Å². The zero-order valence-corrected chi connectivity index (χ0v) is 10.9. The van der Waals surface area contributed by atoms with Gasteiger partial charge in [0.05, 0.1) is 0 Å². The molecule has 1 rings (SSSR count). The molecule has 1 saturated heterocycles. The summed E-state index contributed by atoms with van der Waals surface area (Å²) in [5.41, 5.74) is -4.10. The number of halogens is 3. The van der Waals surface area contributed by atoms with Crippen molar-refractivity contribution in [2.45, 2.75) is 5.51 Å². The molecule has 0 aliphatic carbocycles. The van der Waals surface area contributed by atoms with Gasteiger partial charge in [-0.2, -0.15) is 13.2 Å². The molecule has 0 atom stereocenters. The van der Waals surface area contributed by atoms with Crippen LogP contribution in [0.5, 0.6) is 0 Å². The van der Waals surface area contributed by atoms with Crippen LogP contribution in [0.1, 0.15) is 0 Å². The molecule has 1 aliphatic rings. The molecule has 0 amide bonds. The van der Waals surface area contributed by atoms with Gasteiger partial charge in [0.15, 0.2) is 0 Å². The van der Waals surface area contributed by atoms with Gasteiger partial charge < -0.3 is 10.2 Å². The number of likely N-dealkylation sites (N-methyl/N-ethyl adjacent to an activating group) is 1. The molecule has 1 N–H and O–H groups in total. The summed E-state index contributed by atoms with van der Waals surface area (Å²) in [5, 5.41) is 3.04. The quantitative estimate of drug-likeness (QED) is 0.728. The Morgan fingerprint density at radius 2 is 1.76 bits per heavy atom. The van der Waals surface area contributed by atoms with Gasteiger partial charge >= 0.3 is 5.51 Å². The predicted octanol–water partition coefficient (Wildman–Crippen LogP) is 1.08. The normalized spacial score (nSPS) is 19.8. The third-order valence-corrected chi connectivity index (χ3v) is 3.48. The number of hydrogen-bond donors (Lipinski definition) is 1. The minimum Gasteiger partial charge on any atom is -0.315 e. The molecule has 1 fully saturated rings. The molecule has 0 aromatic rings. The van der Waals surface area contributed by atoms with E-state index in [-0.39, 0.29) is 17.5 Å². The van der Waals surface area contributed by atoms with E-state index in [4.69, 9.17) is 0 Å². The fraction of sp³-hybridized carbons (Fsp3) is 1.00. The Morgan fingerprint density at radius 3 is 2.35 bits per heavy atom. The van der Waals surface area contributed by atoms with Crippen LogP contribution >= 0.6 is 11.8 Å². The largest absolute Gasteiger partial charge is 0.441 e. The van der Waals surface area contributed by atoms with Gasteiger partial charge in [-0.05, 0) is 18.8 Å². The Bertz CT molecular complexity index is 205. The van der Waals surface area contributed by atoms with Crippen molar-refractivity contribution in [3.63, 3.8) is 0 Å². The highest BCUT2D eigenvalue weighted by atomic mass is 32.2. The first kappa shape index (κ1) is 15.1. The van der Waals surface area contributed by atoms with Crippen LogP contribution in [0.2, 0.25) is 0 Å². The van der Waals surface area contributed by atoms with E-state index in [2.05, 4.69) is 22.2 Å². The molecular weight excluding hydrogens is 251 g/mol. The maximum Gasteiger partial charge on any atom is 0.441 e. The smallest absolute Gasteiger partial charge is 0.315 e. The fourth-order valence-electron chi connectivity index (χ4n) is 1.67. The topological polar surface area (TPSA) is 18.5 Å². The van der Waals surface area contributed by atoms with E-state index in [1.165, 1.54) is 0 Å². The lowest BCUT2D eigenvalue weighted by atomic mass is 10.3. The fourth-order valence-corrected chi connectivity index (χ4v) is 2.15. The van der Waals surface area contributed by atoms with Crippen LogP contribution in [0.15, 0.2) is 0 Å². The van der Waals surface area contributed by atoms with E-state index in [1.54, 1.807) is 0 Å². The summed E-state index contributed by atoms with van der Waals surface area (Å²) in [5.74, 6) is 0.0895. The number of rotatable bonds is 6. The molecule has 1 heterocycles. The Morgan fingerprint density at radius 1 is 1.12 bits per heavy atom. The molecule has 7 heteroatoms. The van der Waals surface area contributed by atoms with Crippen LogP contribution in [0, 0.1) is 0 Å². The van der Waals surface area contributed by atoms with E-state index < -0.39 is 5.51 Å². The van der Waals surface area contributed by atoms with Crippen molar-refractivity contribution >= 4 is 11.8 Å². The maximum absolute atomic E-state index is 11.8. The number of nitrogens with zero attached hydrogens (tertiary/aromatic N) is 2. The van der Waals surface area contributed by atoms with Gasteiger partial charge in [-0.15, -0.1) is 0 Å². The summed E-state index contributed by atoms with van der Waals surface area (Å²) in [6.45, 7) is 6.35. The van der Waals surface area contributed by atoms with Crippen molar-refractivity contribution < 1.29 is 13.2 Å². The lowest BCUT2D eigenvalue weighted by Crippen LogP contribution is -2.46. The summed E-state index contributed by atoms with van der Waals surface area (Å²) < 4.78 is 35.4. The van der Waals surface area contributed by atoms with Crippen molar-refractivity contribution in [2.24, 2.45) is 0 Å². The first-order chi connectivity index (χ1) is 7.97. The Kier molecular flexibility index (Phi) is 6.61. The Labute approximate surface area is 105 Å². The van der Waals surface area contributed by atoms with Gasteiger partial charge in [0.1, 0.15) is 0 Å². The van der Waals surface area contributed by atoms with E-state index in [9.17, 15) is 13.2 Å². The predicted molar refractivity (Wildman–Crippen MR) is 65.3 cm³/mol. The van der Waals surface area contributed by atoms with Crippen molar-refractivity contribution in [1.82, 2.24) is 15.1 Å². The highest BCUT2D eigenvalue weighted by Gasteiger charge is 2.27. The Balaban J connectivity index is 1.91. The second-order valence-electron chi connectivity index (χ2n) is 4.19. The third kappa shape index (κ3) is 7.86. The molecule has 0 bridgehead atoms. The highest BCUT2D eigenvalue weighted by Crippen LogP contribution is 2.29. The minimum absolute atomic E-state index is 0.0371. The van der Waals surface area contributed by atoms with E-state index in [0.29, 0.717) is 6.54 Å². The van der Waals surface area contributed by atoms with Crippen LogP contribution in [0.4, 0.5) is 13.2 Å². The van der Waals surface area contributed by atoms with E-state index in [1.807, 2.05) is 0 Å². The number of alkyl halides is 3. The van der Waals surface area contributed by atoms with Crippen LogP contribution < -0.4 is 5.32 Å². The number of nitrogens with one attached hydrogen (secondary N) is 1. The lowest BCUT2D eigenvalue weighted by Gasteiger charge is -2.32. The number of piperazine rings is 1. The molecular formula is C10H20F3N3S. The van der Waals surface area contributed by atoms with Crippen LogP contribution in [0.25, 0.3) is 0 Å². The SMILES string of the molecule is CN1CCN(CCNCCSC(F)(F)F)CC1. The summed E-state index contributed by atoms with van der Waals surface area (Å²) in [6.07, 6.45) is 0. The second kappa shape index (κ2) is 7.45. The summed E-state index contributed by atoms with van der Waals surface area (Å²) >= 11 is 0.0371. The molecule has 0 unspecified atom stereocenters. The first-order valence-electron chi connectivity index (χ1n) is 5.80. The molecule has 3 nitrogen and oxygen atoms in total. The van der Waals surface area contributed by atoms with Crippen LogP contribution in [-0.2, 0) is 0 Å². The van der Waals surface area contributed by atoms with E-state index >= 15 is 0 Å². The van der Waals surface area contributed by atoms with Crippen molar-refractivity contribution in [1.29, 1.82) is 0 Å². The van der Waals surface area contributed by atoms with Gasteiger partial charge in [0.2, 0.25) is 0 Å². The molecule has 1 aliphatic heterocycles. The summed E-state index contributed by atoms with van der Waals surface area (Å²) in [7, 11) is 2.10. The number of hydrogen-bond acceptors (Lipinski definition) is 4. The van der Waals surface area contributed by atoms with Gasteiger partial charge in [0, 0.05) is 51.6 Å². The van der Waals surface area contributed by atoms with Crippen molar-refractivity contribution in [3.05, 3.63) is 0 Å². The number of thioether (sulfide) groups is 1. The average molecular weight is 271 g/mol. The third-order valence-electron chi connectivity index (χ3n) is 2.75. The highest BCUT2D eigenvalue weighted by molar-refractivity contribution is 8.00. The molecule has 102 valence electrons. The molecule has 0 aromatic carbocycles. The van der Waals surface area contributed by atoms with Gasteiger partial charge in [0.25, 0.3) is 0 Å². The average Bonchev–Trinajstić information content (AvgIpc) is 2.24. The van der Waals surface area contributed by atoms with Gasteiger partial charge in [-0.3, -0.25) is 4.90 Å². The van der Waals surface area contributed by atoms with Gasteiger partial charge in [-0.25, -0.2) is 0 Å². The Hall–Kier alpha value is 0.0200. The molecule has 0 saturated carbocycles. The monoisotopic (exact) mass is 271 g/mol. The zero-order valence-electron chi connectivity index (χ0n) is 10.1. The maximum atomic E-state index is 11.8. The minimum atomic E-state index is -4.10. The molecule has 17 heavy (non-hydrogen) atoms. The van der Waals surface area contributed by atoms with Crippen LogP contribution in [-0.4, -0.2) is 73.9 Å². The summed E-state index contributed by atoms with van der Waals surface area (Å²) in [4.78, 5) is 4.62. The van der Waals surface area contributed by atoms with Gasteiger partial charge in [-0.1, -0.05) is 0 Å². The molecule has 0 radical (unpaired) electrons.